The first-order valence-corrected chi connectivity index (χ1v) is 3.75. The van der Waals surface area contributed by atoms with Crippen molar-refractivity contribution in [1.29, 1.82) is 0 Å². The third-order valence-electron chi connectivity index (χ3n) is 1.94. The summed E-state index contributed by atoms with van der Waals surface area (Å²) in [4.78, 5) is 0. The summed E-state index contributed by atoms with van der Waals surface area (Å²) in [5.74, 6) is 0.740. The molecule has 0 aliphatic carbocycles. The summed E-state index contributed by atoms with van der Waals surface area (Å²) in [5, 5.41) is 11.9. The van der Waals surface area contributed by atoms with Crippen LogP contribution in [-0.4, -0.2) is 24.8 Å². The molecular weight excluding hydrogens is 114 g/mol. The predicted octanol–water partition coefficient (Wildman–Crippen LogP) is 0.614. The molecule has 0 unspecified atom stereocenters. The molecule has 2 nitrogen and oxygen atoms in total. The molecule has 2 N–H and O–H groups in total. The van der Waals surface area contributed by atoms with Crippen LogP contribution in [0, 0.1) is 5.92 Å². The second-order valence-corrected chi connectivity index (χ2v) is 2.72. The lowest BCUT2D eigenvalue weighted by molar-refractivity contribution is 0.237. The Morgan fingerprint density at radius 2 is 2.56 bits per heavy atom. The Hall–Kier alpha value is -0.0800. The number of aliphatic hydroxyl groups is 1. The molecule has 0 amide bonds. The van der Waals surface area contributed by atoms with E-state index in [0.717, 1.165) is 18.9 Å². The monoisotopic (exact) mass is 131 g/mol. The van der Waals surface area contributed by atoms with Crippen LogP contribution < -0.4 is 5.32 Å². The molecule has 9 heavy (non-hydrogen) atoms. The van der Waals surface area contributed by atoms with E-state index in [1.54, 1.807) is 0 Å². The van der Waals surface area contributed by atoms with E-state index in [1.165, 1.54) is 19.4 Å². The first-order chi connectivity index (χ1) is 4.43. The van der Waals surface area contributed by atoms with Gasteiger partial charge in [0, 0.05) is 8.03 Å². The molecule has 1 heterocycles. The number of aliphatic hydroxyl groups excluding tert-OH is 1. The third kappa shape index (κ3) is 2.33. The molecule has 1 fully saturated rings. The van der Waals surface area contributed by atoms with Crippen LogP contribution in [0.2, 0.25) is 0 Å². The number of hydrogen-bond acceptors (Lipinski definition) is 2. The lowest BCUT2D eigenvalue weighted by atomic mass is 9.97. The fourth-order valence-electron chi connectivity index (χ4n) is 1.35. The molecule has 1 saturated heterocycles. The first-order valence-electron chi connectivity index (χ1n) is 3.75. The van der Waals surface area contributed by atoms with E-state index in [0.29, 0.717) is 6.61 Å². The topological polar surface area (TPSA) is 32.3 Å². The number of rotatable bonds is 2. The Labute approximate surface area is 57.8 Å². The third-order valence-corrected chi connectivity index (χ3v) is 1.94. The molecule has 0 spiro atoms. The van der Waals surface area contributed by atoms with Crippen molar-refractivity contribution in [3.63, 3.8) is 0 Å². The van der Waals surface area contributed by atoms with Gasteiger partial charge in [0.1, 0.15) is 0 Å². The predicted molar refractivity (Wildman–Crippen MR) is 39.4 cm³/mol. The van der Waals surface area contributed by atoms with Crippen molar-refractivity contribution in [2.24, 2.45) is 5.92 Å². The molecule has 0 aromatic rings. The Kier molecular flexibility index (Phi) is 3.01. The maximum atomic E-state index is 8.59. The summed E-state index contributed by atoms with van der Waals surface area (Å²) in [6, 6.07) is 0. The average Bonchev–Trinajstić information content (AvgIpc) is 1.91. The Morgan fingerprint density at radius 3 is 3.11 bits per heavy atom. The lowest BCUT2D eigenvalue weighted by Gasteiger charge is -2.21. The van der Waals surface area contributed by atoms with Gasteiger partial charge in [-0.25, -0.2) is 0 Å². The fraction of sp³-hybridized carbons (Fsp3) is 1.00. The molecule has 0 aromatic heterocycles. The minimum Gasteiger partial charge on any atom is -0.396 e. The van der Waals surface area contributed by atoms with Crippen molar-refractivity contribution in [1.82, 2.24) is 5.32 Å². The molecule has 1 rings (SSSR count). The SMILES string of the molecule is OCC[C@H]1CCCNC1.[HH]. The second-order valence-electron chi connectivity index (χ2n) is 2.72. The van der Waals surface area contributed by atoms with Crippen LogP contribution >= 0.6 is 0 Å². The normalized spacial score (nSPS) is 28.3. The van der Waals surface area contributed by atoms with E-state index in [2.05, 4.69) is 5.32 Å². The van der Waals surface area contributed by atoms with Crippen molar-refractivity contribution in [2.45, 2.75) is 19.3 Å². The van der Waals surface area contributed by atoms with Gasteiger partial charge in [-0.3, -0.25) is 0 Å². The van der Waals surface area contributed by atoms with E-state index in [4.69, 9.17) is 5.11 Å². The molecular formula is C7H17NO. The van der Waals surface area contributed by atoms with Crippen molar-refractivity contribution in [3.05, 3.63) is 0 Å². The number of piperidine rings is 1. The molecule has 1 aliphatic heterocycles. The van der Waals surface area contributed by atoms with Crippen molar-refractivity contribution >= 4 is 0 Å². The van der Waals surface area contributed by atoms with E-state index in [-0.39, 0.29) is 1.43 Å². The zero-order valence-corrected chi connectivity index (χ0v) is 5.77. The van der Waals surface area contributed by atoms with E-state index in [9.17, 15) is 0 Å². The van der Waals surface area contributed by atoms with Crippen molar-refractivity contribution in [3.8, 4) is 0 Å². The Bertz CT molecular complexity index is 71.3. The van der Waals surface area contributed by atoms with Crippen LogP contribution in [0.15, 0.2) is 0 Å². The van der Waals surface area contributed by atoms with Crippen LogP contribution in [0.1, 0.15) is 20.7 Å². The van der Waals surface area contributed by atoms with E-state index < -0.39 is 0 Å². The molecule has 56 valence electrons. The quantitative estimate of drug-likeness (QED) is 0.575. The van der Waals surface area contributed by atoms with Gasteiger partial charge in [-0.05, 0) is 38.3 Å². The minimum atomic E-state index is 0. The van der Waals surface area contributed by atoms with Crippen molar-refractivity contribution < 1.29 is 6.53 Å². The molecule has 0 bridgehead atoms. The van der Waals surface area contributed by atoms with Gasteiger partial charge in [-0.1, -0.05) is 0 Å². The molecule has 0 saturated carbocycles. The molecule has 0 radical (unpaired) electrons. The van der Waals surface area contributed by atoms with Crippen LogP contribution in [0.3, 0.4) is 0 Å². The number of nitrogens with one attached hydrogen (secondary N) is 1. The average molecular weight is 131 g/mol. The van der Waals surface area contributed by atoms with Gasteiger partial charge in [0.25, 0.3) is 0 Å². The summed E-state index contributed by atoms with van der Waals surface area (Å²) in [5.41, 5.74) is 0. The molecule has 1 aliphatic rings. The highest BCUT2D eigenvalue weighted by molar-refractivity contribution is 4.67. The smallest absolute Gasteiger partial charge is 0.0434 e. The highest BCUT2D eigenvalue weighted by atomic mass is 16.3. The van der Waals surface area contributed by atoms with Gasteiger partial charge in [0.15, 0.2) is 0 Å². The van der Waals surface area contributed by atoms with Gasteiger partial charge < -0.3 is 10.4 Å². The molecule has 2 heteroatoms. The van der Waals surface area contributed by atoms with E-state index in [1.807, 2.05) is 0 Å². The van der Waals surface area contributed by atoms with E-state index >= 15 is 0 Å². The fourth-order valence-corrected chi connectivity index (χ4v) is 1.35. The first kappa shape index (κ1) is 7.03. The van der Waals surface area contributed by atoms with Gasteiger partial charge in [0.05, 0.1) is 0 Å². The van der Waals surface area contributed by atoms with Crippen LogP contribution in [0.4, 0.5) is 0 Å². The van der Waals surface area contributed by atoms with Gasteiger partial charge in [0.2, 0.25) is 0 Å². The Balaban J connectivity index is 0.000000810. The second kappa shape index (κ2) is 3.85. The zero-order chi connectivity index (χ0) is 6.53. The maximum Gasteiger partial charge on any atom is 0.0434 e. The summed E-state index contributed by atoms with van der Waals surface area (Å²) >= 11 is 0. The Morgan fingerprint density at radius 1 is 1.67 bits per heavy atom. The standard InChI is InChI=1S/C7H15NO.H2/c9-5-3-7-2-1-4-8-6-7;/h7-9H,1-6H2;1H/t7-;/m1./s1. The van der Waals surface area contributed by atoms with Crippen LogP contribution in [-0.2, 0) is 0 Å². The maximum absolute atomic E-state index is 8.59. The number of hydrogen-bond donors (Lipinski definition) is 2. The molecule has 1 atom stereocenters. The largest absolute Gasteiger partial charge is 0.396 e. The minimum absolute atomic E-state index is 0. The molecule has 0 aromatic carbocycles. The highest BCUT2D eigenvalue weighted by Crippen LogP contribution is 2.12. The summed E-state index contributed by atoms with van der Waals surface area (Å²) in [6.07, 6.45) is 3.56. The van der Waals surface area contributed by atoms with Crippen molar-refractivity contribution in [2.75, 3.05) is 19.7 Å². The summed E-state index contributed by atoms with van der Waals surface area (Å²) in [6.45, 7) is 2.63. The zero-order valence-electron chi connectivity index (χ0n) is 5.77. The van der Waals surface area contributed by atoms with Crippen LogP contribution in [0.5, 0.6) is 0 Å². The summed E-state index contributed by atoms with van der Waals surface area (Å²) in [7, 11) is 0. The van der Waals surface area contributed by atoms with Gasteiger partial charge >= 0.3 is 0 Å². The summed E-state index contributed by atoms with van der Waals surface area (Å²) < 4.78 is 0. The lowest BCUT2D eigenvalue weighted by Crippen LogP contribution is -2.30. The van der Waals surface area contributed by atoms with Gasteiger partial charge in [-0.15, -0.1) is 0 Å². The van der Waals surface area contributed by atoms with Gasteiger partial charge in [-0.2, -0.15) is 0 Å². The van der Waals surface area contributed by atoms with Crippen LogP contribution in [0.25, 0.3) is 0 Å². The highest BCUT2D eigenvalue weighted by Gasteiger charge is 2.10.